The Morgan fingerprint density at radius 1 is 1.00 bits per heavy atom. The first-order valence-electron chi connectivity index (χ1n) is 11.7. The highest BCUT2D eigenvalue weighted by atomic mass is 16.5. The molecule has 0 unspecified atom stereocenters. The van der Waals surface area contributed by atoms with Gasteiger partial charge >= 0.3 is 6.03 Å². The van der Waals surface area contributed by atoms with E-state index in [1.165, 1.54) is 6.08 Å². The summed E-state index contributed by atoms with van der Waals surface area (Å²) in [7, 11) is 0. The molecule has 0 saturated carbocycles. The number of barbiturate groups is 1. The van der Waals surface area contributed by atoms with Gasteiger partial charge in [-0.25, -0.2) is 9.69 Å². The van der Waals surface area contributed by atoms with Crippen molar-refractivity contribution in [2.45, 2.75) is 39.7 Å². The van der Waals surface area contributed by atoms with Crippen LogP contribution in [0.25, 0.3) is 6.08 Å². The Morgan fingerprint density at radius 2 is 1.71 bits per heavy atom. The average Bonchev–Trinajstić information content (AvgIpc) is 3.29. The normalized spacial score (nSPS) is 15.9. The minimum Gasteiger partial charge on any atom is -0.492 e. The average molecular weight is 472 g/mol. The number of benzene rings is 2. The van der Waals surface area contributed by atoms with Gasteiger partial charge in [0, 0.05) is 11.9 Å². The van der Waals surface area contributed by atoms with E-state index in [0.29, 0.717) is 30.5 Å². The number of aryl methyl sites for hydroxylation is 1. The number of carbonyl (C=O) groups excluding carboxylic acids is 3. The fourth-order valence-electron chi connectivity index (χ4n) is 3.89. The Morgan fingerprint density at radius 3 is 2.40 bits per heavy atom. The van der Waals surface area contributed by atoms with Crippen molar-refractivity contribution in [1.82, 2.24) is 9.88 Å². The molecule has 0 radical (unpaired) electrons. The van der Waals surface area contributed by atoms with Crippen LogP contribution in [-0.4, -0.2) is 29.0 Å². The number of ether oxygens (including phenoxy) is 1. The van der Waals surface area contributed by atoms with E-state index >= 15 is 0 Å². The topological polar surface area (TPSA) is 80.6 Å². The van der Waals surface area contributed by atoms with Crippen LogP contribution in [0.2, 0.25) is 0 Å². The molecule has 7 heteroatoms. The molecule has 2 aromatic carbocycles. The number of hydrogen-bond acceptors (Lipinski definition) is 4. The molecule has 4 amide bonds. The van der Waals surface area contributed by atoms with Gasteiger partial charge < -0.3 is 9.30 Å². The molecule has 35 heavy (non-hydrogen) atoms. The minimum atomic E-state index is -0.754. The zero-order chi connectivity index (χ0) is 24.9. The summed E-state index contributed by atoms with van der Waals surface area (Å²) < 4.78 is 7.70. The highest BCUT2D eigenvalue weighted by molar-refractivity contribution is 6.39. The maximum absolute atomic E-state index is 13.2. The predicted molar refractivity (Wildman–Crippen MR) is 135 cm³/mol. The molecule has 1 aromatic heterocycles. The molecule has 7 nitrogen and oxygen atoms in total. The molecule has 1 fully saturated rings. The van der Waals surface area contributed by atoms with Crippen LogP contribution < -0.4 is 15.0 Å². The van der Waals surface area contributed by atoms with E-state index in [4.69, 9.17) is 4.74 Å². The van der Waals surface area contributed by atoms with E-state index in [1.54, 1.807) is 18.2 Å². The number of nitrogens with one attached hydrogen (secondary N) is 1. The first-order valence-corrected chi connectivity index (χ1v) is 11.7. The lowest BCUT2D eigenvalue weighted by Crippen LogP contribution is -2.54. The second-order valence-corrected chi connectivity index (χ2v) is 8.65. The molecule has 0 aliphatic carbocycles. The summed E-state index contributed by atoms with van der Waals surface area (Å²) in [5.41, 5.74) is 3.26. The molecular formula is C28H29N3O4. The Bertz CT molecular complexity index is 1260. The minimum absolute atomic E-state index is 0.102. The summed E-state index contributed by atoms with van der Waals surface area (Å²) in [6.45, 7) is 7.18. The summed E-state index contributed by atoms with van der Waals surface area (Å²) in [6, 6.07) is 18.0. The number of aromatic nitrogens is 1. The van der Waals surface area contributed by atoms with Gasteiger partial charge in [-0.2, -0.15) is 0 Å². The van der Waals surface area contributed by atoms with E-state index in [2.05, 4.69) is 19.2 Å². The largest absolute Gasteiger partial charge is 0.492 e. The second kappa shape index (κ2) is 10.4. The van der Waals surface area contributed by atoms with Gasteiger partial charge in [0.25, 0.3) is 11.8 Å². The number of rotatable bonds is 8. The summed E-state index contributed by atoms with van der Waals surface area (Å²) in [5.74, 6) is -0.220. The molecule has 180 valence electrons. The Hall–Kier alpha value is -4.13. The van der Waals surface area contributed by atoms with Gasteiger partial charge in [0.2, 0.25) is 0 Å². The smallest absolute Gasteiger partial charge is 0.335 e. The zero-order valence-corrected chi connectivity index (χ0v) is 20.2. The van der Waals surface area contributed by atoms with Crippen molar-refractivity contribution < 1.29 is 19.1 Å². The van der Waals surface area contributed by atoms with Crippen LogP contribution in [0.4, 0.5) is 10.5 Å². The number of nitrogens with zero attached hydrogens (tertiary/aromatic N) is 2. The first kappa shape index (κ1) is 24.0. The monoisotopic (exact) mass is 471 g/mol. The summed E-state index contributed by atoms with van der Waals surface area (Å²) >= 11 is 0. The summed E-state index contributed by atoms with van der Waals surface area (Å²) in [5, 5.41) is 2.28. The number of amides is 4. The van der Waals surface area contributed by atoms with Crippen molar-refractivity contribution in [3.8, 4) is 5.75 Å². The van der Waals surface area contributed by atoms with Crippen LogP contribution in [0.1, 0.15) is 43.0 Å². The molecule has 0 bridgehead atoms. The molecule has 1 aliphatic heterocycles. The van der Waals surface area contributed by atoms with E-state index in [1.807, 2.05) is 60.2 Å². The van der Waals surface area contributed by atoms with Gasteiger partial charge in [0.15, 0.2) is 0 Å². The van der Waals surface area contributed by atoms with Gasteiger partial charge in [-0.15, -0.1) is 0 Å². The SMILES string of the molecule is CC[C@@H](C)c1ccc(N2C(=O)NC(=O)/C(=C/c3cccn3CCOc3ccc(C)cc3)C2=O)cc1. The van der Waals surface area contributed by atoms with Crippen LogP contribution in [0, 0.1) is 6.92 Å². The molecule has 1 atom stereocenters. The van der Waals surface area contributed by atoms with Gasteiger partial charge in [0.05, 0.1) is 12.2 Å². The maximum atomic E-state index is 13.2. The molecule has 2 heterocycles. The third-order valence-electron chi connectivity index (χ3n) is 6.21. The second-order valence-electron chi connectivity index (χ2n) is 8.65. The van der Waals surface area contributed by atoms with Crippen LogP contribution in [0.15, 0.2) is 72.4 Å². The van der Waals surface area contributed by atoms with Crippen molar-refractivity contribution in [3.05, 3.63) is 89.3 Å². The van der Waals surface area contributed by atoms with Gasteiger partial charge in [-0.05, 0) is 67.3 Å². The molecular weight excluding hydrogens is 442 g/mol. The standard InChI is InChI=1S/C28H29N3O4/c1-4-20(3)21-9-11-22(12-10-21)31-27(33)25(26(32)29-28(31)34)18-23-6-5-15-30(23)16-17-35-24-13-7-19(2)8-14-24/h5-15,18,20H,4,16-17H2,1-3H3,(H,29,32,34)/b25-18-/t20-/m1/s1. The Labute approximate surface area is 205 Å². The van der Waals surface area contributed by atoms with Crippen LogP contribution in [-0.2, 0) is 16.1 Å². The summed E-state index contributed by atoms with van der Waals surface area (Å²) in [6.07, 6.45) is 4.35. The highest BCUT2D eigenvalue weighted by Crippen LogP contribution is 2.25. The fourth-order valence-corrected chi connectivity index (χ4v) is 3.89. The number of imide groups is 2. The van der Waals surface area contributed by atoms with Crippen molar-refractivity contribution in [1.29, 1.82) is 0 Å². The van der Waals surface area contributed by atoms with Crippen molar-refractivity contribution >= 4 is 29.6 Å². The Balaban J connectivity index is 1.51. The summed E-state index contributed by atoms with van der Waals surface area (Å²) in [4.78, 5) is 39.3. The maximum Gasteiger partial charge on any atom is 0.335 e. The van der Waals surface area contributed by atoms with Crippen molar-refractivity contribution in [3.63, 3.8) is 0 Å². The third-order valence-corrected chi connectivity index (χ3v) is 6.21. The number of carbonyl (C=O) groups is 3. The Kier molecular flexibility index (Phi) is 7.15. The fraction of sp³-hybridized carbons (Fsp3) is 0.250. The first-order chi connectivity index (χ1) is 16.9. The van der Waals surface area contributed by atoms with Gasteiger partial charge in [0.1, 0.15) is 17.9 Å². The van der Waals surface area contributed by atoms with E-state index in [0.717, 1.165) is 28.2 Å². The molecule has 3 aromatic rings. The number of urea groups is 1. The molecule has 1 saturated heterocycles. The van der Waals surface area contributed by atoms with Crippen LogP contribution in [0.5, 0.6) is 5.75 Å². The zero-order valence-electron chi connectivity index (χ0n) is 20.2. The predicted octanol–water partition coefficient (Wildman–Crippen LogP) is 5.06. The van der Waals surface area contributed by atoms with Crippen molar-refractivity contribution in [2.24, 2.45) is 0 Å². The van der Waals surface area contributed by atoms with E-state index < -0.39 is 17.8 Å². The van der Waals surface area contributed by atoms with E-state index in [-0.39, 0.29) is 5.57 Å². The molecule has 1 N–H and O–H groups in total. The van der Waals surface area contributed by atoms with Crippen LogP contribution >= 0.6 is 0 Å². The number of hydrogen-bond donors (Lipinski definition) is 1. The van der Waals surface area contributed by atoms with Gasteiger partial charge in [-0.1, -0.05) is 43.7 Å². The molecule has 0 spiro atoms. The van der Waals surface area contributed by atoms with Gasteiger partial charge in [-0.3, -0.25) is 14.9 Å². The lowest BCUT2D eigenvalue weighted by molar-refractivity contribution is -0.122. The lowest BCUT2D eigenvalue weighted by atomic mass is 9.98. The quantitative estimate of drug-likeness (QED) is 0.368. The van der Waals surface area contributed by atoms with E-state index in [9.17, 15) is 14.4 Å². The van der Waals surface area contributed by atoms with Crippen LogP contribution in [0.3, 0.4) is 0 Å². The lowest BCUT2D eigenvalue weighted by Gasteiger charge is -2.26. The number of anilines is 1. The third kappa shape index (κ3) is 5.35. The molecule has 1 aliphatic rings. The highest BCUT2D eigenvalue weighted by Gasteiger charge is 2.37. The van der Waals surface area contributed by atoms with Crippen molar-refractivity contribution in [2.75, 3.05) is 11.5 Å². The molecule has 4 rings (SSSR count).